The molecule has 0 aromatic heterocycles. The van der Waals surface area contributed by atoms with E-state index >= 15 is 0 Å². The van der Waals surface area contributed by atoms with Crippen LogP contribution >= 0.6 is 0 Å². The molecule has 1 heterocycles. The third kappa shape index (κ3) is 3.82. The molecule has 0 amide bonds. The molecule has 31 heavy (non-hydrogen) atoms. The van der Waals surface area contributed by atoms with E-state index in [1.54, 1.807) is 0 Å². The van der Waals surface area contributed by atoms with Crippen LogP contribution in [0.5, 0.6) is 0 Å². The van der Waals surface area contributed by atoms with Crippen molar-refractivity contribution in [3.8, 4) is 22.3 Å². The summed E-state index contributed by atoms with van der Waals surface area (Å²) in [5, 5.41) is 3.79. The second-order valence-electron chi connectivity index (χ2n) is 8.74. The van der Waals surface area contributed by atoms with Gasteiger partial charge in [-0.05, 0) is 59.7 Å². The molecule has 0 spiro atoms. The highest BCUT2D eigenvalue weighted by Gasteiger charge is 2.39. The Morgan fingerprint density at radius 2 is 1.00 bits per heavy atom. The summed E-state index contributed by atoms with van der Waals surface area (Å²) < 4.78 is 0. The topological polar surface area (TPSA) is 12.0 Å². The Labute approximate surface area is 185 Å². The molecule has 1 aliphatic rings. The summed E-state index contributed by atoms with van der Waals surface area (Å²) in [5.74, 6) is 0. The first-order chi connectivity index (χ1) is 15.2. The van der Waals surface area contributed by atoms with Gasteiger partial charge in [0.2, 0.25) is 0 Å². The first-order valence-electron chi connectivity index (χ1n) is 11.3. The van der Waals surface area contributed by atoms with Gasteiger partial charge in [0.15, 0.2) is 0 Å². The summed E-state index contributed by atoms with van der Waals surface area (Å²) in [6.07, 6.45) is 2.45. The molecule has 1 fully saturated rings. The van der Waals surface area contributed by atoms with E-state index in [1.807, 2.05) is 0 Å². The summed E-state index contributed by atoms with van der Waals surface area (Å²) in [4.78, 5) is 0. The molecule has 0 radical (unpaired) electrons. The molecule has 4 aromatic rings. The molecule has 0 aliphatic carbocycles. The zero-order valence-corrected chi connectivity index (χ0v) is 18.1. The van der Waals surface area contributed by atoms with Gasteiger partial charge in [-0.15, -0.1) is 0 Å². The highest BCUT2D eigenvalue weighted by molar-refractivity contribution is 5.66. The van der Waals surface area contributed by atoms with Gasteiger partial charge in [-0.3, -0.25) is 0 Å². The number of benzene rings is 4. The maximum absolute atomic E-state index is 3.79. The van der Waals surface area contributed by atoms with E-state index in [2.05, 4.69) is 121 Å². The predicted molar refractivity (Wildman–Crippen MR) is 131 cm³/mol. The van der Waals surface area contributed by atoms with E-state index in [1.165, 1.54) is 46.2 Å². The van der Waals surface area contributed by atoms with Gasteiger partial charge in [0.25, 0.3) is 0 Å². The molecule has 1 unspecified atom stereocenters. The SMILES string of the molecule is CC(c1ccc(-c2ccccc2)cc1)(c1ccc(-c2ccccc2)cc1)C1CCCN1. The second kappa shape index (κ2) is 8.53. The van der Waals surface area contributed by atoms with E-state index in [0.29, 0.717) is 6.04 Å². The molecule has 1 atom stereocenters. The lowest BCUT2D eigenvalue weighted by atomic mass is 9.70. The standard InChI is InChI=1S/C30H29N/c1-30(29-13-8-22-31-29,27-18-14-25(15-19-27)23-9-4-2-5-10-23)28-20-16-26(17-21-28)24-11-6-3-7-12-24/h2-7,9-12,14-21,29,31H,8,13,22H2,1H3. The van der Waals surface area contributed by atoms with Crippen LogP contribution in [-0.2, 0) is 5.41 Å². The minimum atomic E-state index is -0.0685. The van der Waals surface area contributed by atoms with Crippen molar-refractivity contribution in [3.63, 3.8) is 0 Å². The number of nitrogens with one attached hydrogen (secondary N) is 1. The normalized spacial score (nSPS) is 16.4. The van der Waals surface area contributed by atoms with Crippen LogP contribution in [0.25, 0.3) is 22.3 Å². The Bertz CT molecular complexity index is 1020. The van der Waals surface area contributed by atoms with Crippen LogP contribution in [0.1, 0.15) is 30.9 Å². The van der Waals surface area contributed by atoms with Crippen molar-refractivity contribution >= 4 is 0 Å². The number of rotatable bonds is 5. The Hall–Kier alpha value is -3.16. The van der Waals surface area contributed by atoms with Crippen LogP contribution < -0.4 is 5.32 Å². The smallest absolute Gasteiger partial charge is 0.0327 e. The molecule has 1 heteroatoms. The lowest BCUT2D eigenvalue weighted by Gasteiger charge is -2.37. The van der Waals surface area contributed by atoms with E-state index in [9.17, 15) is 0 Å². The maximum Gasteiger partial charge on any atom is 0.0327 e. The summed E-state index contributed by atoms with van der Waals surface area (Å²) in [7, 11) is 0. The fourth-order valence-electron chi connectivity index (χ4n) is 5.03. The van der Waals surface area contributed by atoms with Crippen molar-refractivity contribution in [1.29, 1.82) is 0 Å². The van der Waals surface area contributed by atoms with E-state index < -0.39 is 0 Å². The monoisotopic (exact) mass is 403 g/mol. The Kier molecular flexibility index (Phi) is 5.44. The molecule has 0 bridgehead atoms. The van der Waals surface area contributed by atoms with Crippen LogP contribution in [-0.4, -0.2) is 12.6 Å². The van der Waals surface area contributed by atoms with Gasteiger partial charge in [-0.1, -0.05) is 109 Å². The first-order valence-corrected chi connectivity index (χ1v) is 11.3. The third-order valence-electron chi connectivity index (χ3n) is 6.94. The van der Waals surface area contributed by atoms with Crippen molar-refractivity contribution in [2.24, 2.45) is 0 Å². The van der Waals surface area contributed by atoms with Gasteiger partial charge in [0.1, 0.15) is 0 Å². The Morgan fingerprint density at radius 3 is 1.39 bits per heavy atom. The molecule has 1 nitrogen and oxygen atoms in total. The average molecular weight is 404 g/mol. The lowest BCUT2D eigenvalue weighted by molar-refractivity contribution is 0.407. The summed E-state index contributed by atoms with van der Waals surface area (Å²) in [6.45, 7) is 3.51. The van der Waals surface area contributed by atoms with Crippen LogP contribution in [0, 0.1) is 0 Å². The molecule has 5 rings (SSSR count). The van der Waals surface area contributed by atoms with Crippen LogP contribution in [0.15, 0.2) is 109 Å². The van der Waals surface area contributed by atoms with Gasteiger partial charge in [0, 0.05) is 11.5 Å². The van der Waals surface area contributed by atoms with E-state index in [4.69, 9.17) is 0 Å². The van der Waals surface area contributed by atoms with Crippen molar-refractivity contribution in [3.05, 3.63) is 120 Å². The molecule has 1 N–H and O–H groups in total. The lowest BCUT2D eigenvalue weighted by Crippen LogP contribution is -2.43. The quantitative estimate of drug-likeness (QED) is 0.375. The fourth-order valence-corrected chi connectivity index (χ4v) is 5.03. The van der Waals surface area contributed by atoms with Gasteiger partial charge in [0.05, 0.1) is 0 Å². The van der Waals surface area contributed by atoms with Crippen molar-refractivity contribution in [2.75, 3.05) is 6.54 Å². The molecule has 154 valence electrons. The molecule has 1 saturated heterocycles. The van der Waals surface area contributed by atoms with Crippen LogP contribution in [0.2, 0.25) is 0 Å². The molecule has 4 aromatic carbocycles. The number of hydrogen-bond donors (Lipinski definition) is 1. The summed E-state index contributed by atoms with van der Waals surface area (Å²) in [5.41, 5.74) is 7.75. The predicted octanol–water partition coefficient (Wildman–Crippen LogP) is 7.08. The van der Waals surface area contributed by atoms with Crippen LogP contribution in [0.4, 0.5) is 0 Å². The van der Waals surface area contributed by atoms with Gasteiger partial charge in [-0.2, -0.15) is 0 Å². The molecule has 1 aliphatic heterocycles. The van der Waals surface area contributed by atoms with E-state index in [-0.39, 0.29) is 5.41 Å². The third-order valence-corrected chi connectivity index (χ3v) is 6.94. The second-order valence-corrected chi connectivity index (χ2v) is 8.74. The van der Waals surface area contributed by atoms with Gasteiger partial charge >= 0.3 is 0 Å². The minimum Gasteiger partial charge on any atom is -0.313 e. The highest BCUT2D eigenvalue weighted by Crippen LogP contribution is 2.40. The summed E-state index contributed by atoms with van der Waals surface area (Å²) >= 11 is 0. The fraction of sp³-hybridized carbons (Fsp3) is 0.200. The van der Waals surface area contributed by atoms with Crippen LogP contribution in [0.3, 0.4) is 0 Å². The molecular weight excluding hydrogens is 374 g/mol. The van der Waals surface area contributed by atoms with Crippen molar-refractivity contribution < 1.29 is 0 Å². The zero-order chi connectivity index (χ0) is 21.1. The summed E-state index contributed by atoms with van der Waals surface area (Å²) in [6, 6.07) is 40.1. The Morgan fingerprint density at radius 1 is 0.581 bits per heavy atom. The Balaban J connectivity index is 1.52. The van der Waals surface area contributed by atoms with Crippen molar-refractivity contribution in [1.82, 2.24) is 5.32 Å². The largest absolute Gasteiger partial charge is 0.313 e. The number of hydrogen-bond acceptors (Lipinski definition) is 1. The van der Waals surface area contributed by atoms with Crippen molar-refractivity contribution in [2.45, 2.75) is 31.2 Å². The molecular formula is C30H29N. The van der Waals surface area contributed by atoms with E-state index in [0.717, 1.165) is 6.54 Å². The first kappa shape index (κ1) is 19.8. The van der Waals surface area contributed by atoms with Gasteiger partial charge in [-0.25, -0.2) is 0 Å². The molecule has 0 saturated carbocycles. The maximum atomic E-state index is 3.79. The van der Waals surface area contributed by atoms with Gasteiger partial charge < -0.3 is 5.32 Å². The zero-order valence-electron chi connectivity index (χ0n) is 18.1. The average Bonchev–Trinajstić information content (AvgIpc) is 3.41. The highest BCUT2D eigenvalue weighted by atomic mass is 15.0. The minimum absolute atomic E-state index is 0.0685.